The monoisotopic (exact) mass is 230 g/mol. The van der Waals surface area contributed by atoms with Gasteiger partial charge in [0.05, 0.1) is 11.5 Å². The van der Waals surface area contributed by atoms with Crippen LogP contribution in [0, 0.1) is 23.7 Å². The Morgan fingerprint density at radius 1 is 1.24 bits per heavy atom. The predicted molar refractivity (Wildman–Crippen MR) is 72.9 cm³/mol. The smallest absolute Gasteiger partial charge is 0.0683 e. The van der Waals surface area contributed by atoms with E-state index in [1.165, 1.54) is 11.3 Å². The molecule has 0 radical (unpaired) electrons. The van der Waals surface area contributed by atoms with Gasteiger partial charge in [0, 0.05) is 12.2 Å². The Balaban J connectivity index is 2.22. The van der Waals surface area contributed by atoms with Gasteiger partial charge in [0.25, 0.3) is 0 Å². The highest BCUT2D eigenvalue weighted by Gasteiger charge is 2.15. The lowest BCUT2D eigenvalue weighted by molar-refractivity contribution is 0.430. The van der Waals surface area contributed by atoms with E-state index in [9.17, 15) is 0 Å². The third kappa shape index (κ3) is 4.91. The Morgan fingerprint density at radius 3 is 2.59 bits per heavy atom. The first-order valence-corrected chi connectivity index (χ1v) is 6.26. The molecule has 0 heterocycles. The number of hydrogen-bond acceptors (Lipinski definition) is 2. The Kier molecular flexibility index (Phi) is 5.03. The molecule has 0 spiro atoms. The molecule has 0 aliphatic rings. The van der Waals surface area contributed by atoms with E-state index in [0.29, 0.717) is 0 Å². The molecule has 1 rings (SSSR count). The van der Waals surface area contributed by atoms with Gasteiger partial charge in [0.2, 0.25) is 0 Å². The van der Waals surface area contributed by atoms with Crippen LogP contribution in [-0.4, -0.2) is 6.54 Å². The molecular weight excluding hydrogens is 208 g/mol. The van der Waals surface area contributed by atoms with Crippen LogP contribution >= 0.6 is 0 Å². The molecule has 1 aromatic carbocycles. The van der Waals surface area contributed by atoms with E-state index in [4.69, 9.17) is 5.26 Å². The summed E-state index contributed by atoms with van der Waals surface area (Å²) < 4.78 is 0. The molecule has 92 valence electrons. The average molecular weight is 230 g/mol. The standard InChI is InChI=1S/C15H22N2/c1-13-8-4-5-9-14(13)17-11-7-6-10-15(2,3)12-16/h4-5,8-9,17H,6-7,10-11H2,1-3H3. The first-order valence-electron chi connectivity index (χ1n) is 6.26. The number of aryl methyl sites for hydroxylation is 1. The van der Waals surface area contributed by atoms with Crippen molar-refractivity contribution >= 4 is 5.69 Å². The van der Waals surface area contributed by atoms with E-state index >= 15 is 0 Å². The predicted octanol–water partition coefficient (Wildman–Crippen LogP) is 4.13. The summed E-state index contributed by atoms with van der Waals surface area (Å²) in [7, 11) is 0. The Bertz CT molecular complexity index is 388. The molecule has 0 saturated heterocycles. The molecule has 0 aromatic heterocycles. The van der Waals surface area contributed by atoms with Gasteiger partial charge in [-0.1, -0.05) is 24.6 Å². The van der Waals surface area contributed by atoms with Gasteiger partial charge in [-0.2, -0.15) is 5.26 Å². The number of rotatable bonds is 6. The molecule has 0 aliphatic heterocycles. The summed E-state index contributed by atoms with van der Waals surface area (Å²) in [4.78, 5) is 0. The Hall–Kier alpha value is -1.49. The van der Waals surface area contributed by atoms with E-state index in [2.05, 4.69) is 36.5 Å². The second kappa shape index (κ2) is 6.30. The van der Waals surface area contributed by atoms with Crippen molar-refractivity contribution < 1.29 is 0 Å². The lowest BCUT2D eigenvalue weighted by Gasteiger charge is -2.15. The fraction of sp³-hybridized carbons (Fsp3) is 0.533. The van der Waals surface area contributed by atoms with Crippen molar-refractivity contribution in [2.24, 2.45) is 5.41 Å². The quantitative estimate of drug-likeness (QED) is 0.746. The van der Waals surface area contributed by atoms with Crippen LogP contribution in [0.15, 0.2) is 24.3 Å². The fourth-order valence-corrected chi connectivity index (χ4v) is 1.74. The molecule has 1 aromatic rings. The minimum Gasteiger partial charge on any atom is -0.385 e. The molecule has 2 heteroatoms. The minimum atomic E-state index is -0.178. The van der Waals surface area contributed by atoms with Crippen LogP contribution in [0.5, 0.6) is 0 Å². The number of benzene rings is 1. The van der Waals surface area contributed by atoms with Crippen LogP contribution in [0.1, 0.15) is 38.7 Å². The van der Waals surface area contributed by atoms with Crippen molar-refractivity contribution in [2.75, 3.05) is 11.9 Å². The summed E-state index contributed by atoms with van der Waals surface area (Å²) in [6, 6.07) is 10.7. The third-order valence-electron chi connectivity index (χ3n) is 2.99. The fourth-order valence-electron chi connectivity index (χ4n) is 1.74. The van der Waals surface area contributed by atoms with Crippen molar-refractivity contribution in [3.8, 4) is 6.07 Å². The van der Waals surface area contributed by atoms with Gasteiger partial charge in [-0.3, -0.25) is 0 Å². The van der Waals surface area contributed by atoms with Gasteiger partial charge in [-0.15, -0.1) is 0 Å². The lowest BCUT2D eigenvalue weighted by atomic mass is 9.89. The molecule has 0 fully saturated rings. The van der Waals surface area contributed by atoms with Gasteiger partial charge in [-0.05, 0) is 45.2 Å². The number of nitrogens with zero attached hydrogens (tertiary/aromatic N) is 1. The maximum Gasteiger partial charge on any atom is 0.0683 e. The van der Waals surface area contributed by atoms with E-state index in [0.717, 1.165) is 25.8 Å². The normalized spacial score (nSPS) is 10.9. The number of anilines is 1. The van der Waals surface area contributed by atoms with Crippen LogP contribution in [0.2, 0.25) is 0 Å². The van der Waals surface area contributed by atoms with E-state index in [1.807, 2.05) is 19.9 Å². The van der Waals surface area contributed by atoms with Crippen LogP contribution in [0.4, 0.5) is 5.69 Å². The van der Waals surface area contributed by atoms with Crippen molar-refractivity contribution in [3.05, 3.63) is 29.8 Å². The van der Waals surface area contributed by atoms with E-state index in [-0.39, 0.29) is 5.41 Å². The molecule has 0 bridgehead atoms. The minimum absolute atomic E-state index is 0.178. The van der Waals surface area contributed by atoms with Crippen molar-refractivity contribution in [1.29, 1.82) is 5.26 Å². The number of nitriles is 1. The second-order valence-electron chi connectivity index (χ2n) is 5.19. The highest BCUT2D eigenvalue weighted by molar-refractivity contribution is 5.49. The van der Waals surface area contributed by atoms with Gasteiger partial charge >= 0.3 is 0 Å². The molecule has 17 heavy (non-hydrogen) atoms. The summed E-state index contributed by atoms with van der Waals surface area (Å²) in [6.45, 7) is 7.09. The zero-order valence-electron chi connectivity index (χ0n) is 11.1. The summed E-state index contributed by atoms with van der Waals surface area (Å²) in [5.74, 6) is 0. The molecular formula is C15H22N2. The largest absolute Gasteiger partial charge is 0.385 e. The van der Waals surface area contributed by atoms with Gasteiger partial charge in [0.1, 0.15) is 0 Å². The Labute approximate surface area is 105 Å². The highest BCUT2D eigenvalue weighted by Crippen LogP contribution is 2.21. The second-order valence-corrected chi connectivity index (χ2v) is 5.19. The number of hydrogen-bond donors (Lipinski definition) is 1. The van der Waals surface area contributed by atoms with Crippen LogP contribution in [-0.2, 0) is 0 Å². The topological polar surface area (TPSA) is 35.8 Å². The zero-order valence-corrected chi connectivity index (χ0v) is 11.1. The zero-order chi connectivity index (χ0) is 12.7. The number of nitrogens with one attached hydrogen (secondary N) is 1. The molecule has 0 aliphatic carbocycles. The SMILES string of the molecule is Cc1ccccc1NCCCCC(C)(C)C#N. The summed E-state index contributed by atoms with van der Waals surface area (Å²) in [6.07, 6.45) is 3.18. The van der Waals surface area contributed by atoms with E-state index < -0.39 is 0 Å². The molecule has 0 amide bonds. The first kappa shape index (κ1) is 13.6. The van der Waals surface area contributed by atoms with Crippen molar-refractivity contribution in [1.82, 2.24) is 0 Å². The molecule has 0 atom stereocenters. The van der Waals surface area contributed by atoms with Gasteiger partial charge in [-0.25, -0.2) is 0 Å². The first-order chi connectivity index (χ1) is 8.05. The van der Waals surface area contributed by atoms with Crippen molar-refractivity contribution in [2.45, 2.75) is 40.0 Å². The maximum absolute atomic E-state index is 8.90. The van der Waals surface area contributed by atoms with Gasteiger partial charge < -0.3 is 5.32 Å². The third-order valence-corrected chi connectivity index (χ3v) is 2.99. The van der Waals surface area contributed by atoms with Crippen LogP contribution in [0.3, 0.4) is 0 Å². The Morgan fingerprint density at radius 2 is 1.94 bits per heavy atom. The van der Waals surface area contributed by atoms with Crippen LogP contribution < -0.4 is 5.32 Å². The number of unbranched alkanes of at least 4 members (excludes halogenated alkanes) is 1. The molecule has 0 unspecified atom stereocenters. The average Bonchev–Trinajstić information content (AvgIpc) is 2.31. The molecule has 0 saturated carbocycles. The molecule has 1 N–H and O–H groups in total. The maximum atomic E-state index is 8.90. The molecule has 2 nitrogen and oxygen atoms in total. The van der Waals surface area contributed by atoms with Crippen LogP contribution in [0.25, 0.3) is 0 Å². The highest BCUT2D eigenvalue weighted by atomic mass is 14.9. The lowest BCUT2D eigenvalue weighted by Crippen LogP contribution is -2.09. The number of para-hydroxylation sites is 1. The van der Waals surface area contributed by atoms with Crippen molar-refractivity contribution in [3.63, 3.8) is 0 Å². The van der Waals surface area contributed by atoms with E-state index in [1.54, 1.807) is 0 Å². The summed E-state index contributed by atoms with van der Waals surface area (Å²) >= 11 is 0. The summed E-state index contributed by atoms with van der Waals surface area (Å²) in [5, 5.41) is 12.3. The van der Waals surface area contributed by atoms with Gasteiger partial charge in [0.15, 0.2) is 0 Å². The summed E-state index contributed by atoms with van der Waals surface area (Å²) in [5.41, 5.74) is 2.32.